The van der Waals surface area contributed by atoms with Gasteiger partial charge in [-0.15, -0.1) is 11.3 Å². The number of carbonyl (C=O) groups is 1. The highest BCUT2D eigenvalue weighted by Gasteiger charge is 2.37. The van der Waals surface area contributed by atoms with Crippen LogP contribution in [0.25, 0.3) is 0 Å². The first-order valence-electron chi connectivity index (χ1n) is 6.66. The van der Waals surface area contributed by atoms with Crippen LogP contribution in [-0.4, -0.2) is 46.7 Å². The molecule has 118 valence electrons. The molecule has 0 radical (unpaired) electrons. The van der Waals surface area contributed by atoms with Crippen molar-refractivity contribution < 1.29 is 18.3 Å². The van der Waals surface area contributed by atoms with Crippen LogP contribution in [0, 0.1) is 5.92 Å². The van der Waals surface area contributed by atoms with Crippen molar-refractivity contribution >= 4 is 27.3 Å². The van der Waals surface area contributed by atoms with Gasteiger partial charge in [-0.1, -0.05) is 0 Å². The second-order valence-electron chi connectivity index (χ2n) is 5.37. The average Bonchev–Trinajstić information content (AvgIpc) is 3.02. The van der Waals surface area contributed by atoms with Crippen LogP contribution in [0.15, 0.2) is 28.7 Å². The number of nitrogens with zero attached hydrogens (tertiary/aromatic N) is 3. The maximum Gasteiger partial charge on any atom is 0.345 e. The molecule has 0 saturated carbocycles. The Hall–Kier alpha value is -1.71. The maximum atomic E-state index is 12.4. The van der Waals surface area contributed by atoms with Crippen LogP contribution in [0.3, 0.4) is 0 Å². The third-order valence-corrected chi connectivity index (χ3v) is 6.51. The van der Waals surface area contributed by atoms with Gasteiger partial charge in [0.15, 0.2) is 0 Å². The summed E-state index contributed by atoms with van der Waals surface area (Å²) in [5.74, 6) is -0.832. The number of thiophene rings is 1. The fourth-order valence-corrected chi connectivity index (χ4v) is 5.17. The molecular formula is C13H15N3O4S2. The summed E-state index contributed by atoms with van der Waals surface area (Å²) < 4.78 is 27.9. The summed E-state index contributed by atoms with van der Waals surface area (Å²) in [5.41, 5.74) is 1.09. The van der Waals surface area contributed by atoms with E-state index >= 15 is 0 Å². The van der Waals surface area contributed by atoms with E-state index in [9.17, 15) is 13.2 Å². The Kier molecular flexibility index (Phi) is 3.79. The zero-order chi connectivity index (χ0) is 15.9. The van der Waals surface area contributed by atoms with E-state index in [1.165, 1.54) is 15.8 Å². The van der Waals surface area contributed by atoms with Gasteiger partial charge in [0.2, 0.25) is 10.0 Å². The minimum atomic E-state index is -3.58. The Bertz CT molecular complexity index is 803. The lowest BCUT2D eigenvalue weighted by Crippen LogP contribution is -2.50. The second kappa shape index (κ2) is 5.49. The molecular weight excluding hydrogens is 326 g/mol. The number of aromatic carboxylic acids is 1. The molecule has 1 aliphatic heterocycles. The predicted molar refractivity (Wildman–Crippen MR) is 80.4 cm³/mol. The first-order chi connectivity index (χ1) is 10.4. The maximum absolute atomic E-state index is 12.4. The lowest BCUT2D eigenvalue weighted by Gasteiger charge is -2.37. The molecule has 2 aromatic rings. The minimum Gasteiger partial charge on any atom is -0.477 e. The highest BCUT2D eigenvalue weighted by molar-refractivity contribution is 7.89. The molecule has 1 fully saturated rings. The topological polar surface area (TPSA) is 92.5 Å². The fraction of sp³-hybridized carbons (Fsp3) is 0.385. The van der Waals surface area contributed by atoms with Crippen LogP contribution in [0.1, 0.15) is 15.2 Å². The molecule has 0 aromatic carbocycles. The molecule has 7 nitrogen and oxygen atoms in total. The quantitative estimate of drug-likeness (QED) is 0.877. The van der Waals surface area contributed by atoms with Gasteiger partial charge in [-0.3, -0.25) is 4.68 Å². The van der Waals surface area contributed by atoms with Crippen molar-refractivity contribution in [2.45, 2.75) is 11.3 Å². The molecule has 0 aliphatic carbocycles. The summed E-state index contributed by atoms with van der Waals surface area (Å²) in [6.45, 7) is 0.908. The van der Waals surface area contributed by atoms with Gasteiger partial charge in [0.25, 0.3) is 0 Å². The van der Waals surface area contributed by atoms with Crippen LogP contribution in [-0.2, 0) is 23.5 Å². The summed E-state index contributed by atoms with van der Waals surface area (Å²) in [5, 5.41) is 14.4. The smallest absolute Gasteiger partial charge is 0.345 e. The molecule has 0 amide bonds. The van der Waals surface area contributed by atoms with Gasteiger partial charge < -0.3 is 5.11 Å². The molecule has 3 heterocycles. The standard InChI is InChI=1S/C13H15N3O4S2/c1-15-5-9(4-14-15)2-10-6-16(7-10)22(19,20)11-3-12(13(17)18)21-8-11/h3-5,8,10H,2,6-7H2,1H3,(H,17,18). The van der Waals surface area contributed by atoms with Gasteiger partial charge >= 0.3 is 5.97 Å². The van der Waals surface area contributed by atoms with Gasteiger partial charge in [0.05, 0.1) is 11.1 Å². The predicted octanol–water partition coefficient (Wildman–Crippen LogP) is 1.04. The molecule has 1 N–H and O–H groups in total. The summed E-state index contributed by atoms with van der Waals surface area (Å²) in [7, 11) is -1.73. The minimum absolute atomic E-state index is 0.0333. The Morgan fingerprint density at radius 3 is 2.77 bits per heavy atom. The lowest BCUT2D eigenvalue weighted by molar-refractivity contribution is 0.0702. The van der Waals surface area contributed by atoms with Gasteiger partial charge in [0, 0.05) is 31.7 Å². The number of aromatic nitrogens is 2. The van der Waals surface area contributed by atoms with E-state index in [-0.39, 0.29) is 15.7 Å². The summed E-state index contributed by atoms with van der Waals surface area (Å²) >= 11 is 0.926. The van der Waals surface area contributed by atoms with Crippen molar-refractivity contribution in [1.82, 2.24) is 14.1 Å². The molecule has 0 spiro atoms. The summed E-state index contributed by atoms with van der Waals surface area (Å²) in [6, 6.07) is 1.22. The van der Waals surface area contributed by atoms with Crippen LogP contribution in [0.4, 0.5) is 0 Å². The Morgan fingerprint density at radius 2 is 2.23 bits per heavy atom. The first kappa shape index (κ1) is 15.2. The van der Waals surface area contributed by atoms with Gasteiger partial charge in [-0.05, 0) is 24.0 Å². The second-order valence-corrected chi connectivity index (χ2v) is 8.22. The van der Waals surface area contributed by atoms with Crippen molar-refractivity contribution in [3.63, 3.8) is 0 Å². The number of carboxylic acids is 1. The highest BCUT2D eigenvalue weighted by Crippen LogP contribution is 2.29. The molecule has 2 aromatic heterocycles. The number of hydrogen-bond donors (Lipinski definition) is 1. The number of sulfonamides is 1. The molecule has 0 atom stereocenters. The normalized spacial score (nSPS) is 16.6. The largest absolute Gasteiger partial charge is 0.477 e. The lowest BCUT2D eigenvalue weighted by atomic mass is 9.96. The number of hydrogen-bond acceptors (Lipinski definition) is 5. The van der Waals surface area contributed by atoms with Crippen molar-refractivity contribution in [3.8, 4) is 0 Å². The third kappa shape index (κ3) is 2.79. The van der Waals surface area contributed by atoms with E-state index in [0.29, 0.717) is 13.1 Å². The van der Waals surface area contributed by atoms with E-state index in [1.54, 1.807) is 10.9 Å². The van der Waals surface area contributed by atoms with Crippen LogP contribution >= 0.6 is 11.3 Å². The van der Waals surface area contributed by atoms with Gasteiger partial charge in [-0.25, -0.2) is 13.2 Å². The SMILES string of the molecule is Cn1cc(CC2CN(S(=O)(=O)c3csc(C(=O)O)c3)C2)cn1. The molecule has 0 unspecified atom stereocenters. The number of aryl methyl sites for hydroxylation is 1. The Labute approximate surface area is 131 Å². The monoisotopic (exact) mass is 341 g/mol. The van der Waals surface area contributed by atoms with Gasteiger partial charge in [-0.2, -0.15) is 9.40 Å². The Morgan fingerprint density at radius 1 is 1.50 bits per heavy atom. The number of carboxylic acid groups (broad SMARTS) is 1. The summed E-state index contributed by atoms with van der Waals surface area (Å²) in [6.07, 6.45) is 4.51. The molecule has 0 bridgehead atoms. The first-order valence-corrected chi connectivity index (χ1v) is 8.98. The number of rotatable bonds is 5. The van der Waals surface area contributed by atoms with Crippen molar-refractivity contribution in [3.05, 3.63) is 34.3 Å². The molecule has 9 heteroatoms. The van der Waals surface area contributed by atoms with E-state index in [2.05, 4.69) is 5.10 Å². The van der Waals surface area contributed by atoms with Crippen molar-refractivity contribution in [1.29, 1.82) is 0 Å². The molecule has 1 aliphatic rings. The van der Waals surface area contributed by atoms with E-state index < -0.39 is 16.0 Å². The van der Waals surface area contributed by atoms with Crippen LogP contribution in [0.2, 0.25) is 0 Å². The van der Waals surface area contributed by atoms with E-state index in [1.807, 2.05) is 13.2 Å². The Balaban J connectivity index is 1.64. The fourth-order valence-electron chi connectivity index (χ4n) is 2.47. The highest BCUT2D eigenvalue weighted by atomic mass is 32.2. The molecule has 3 rings (SSSR count). The zero-order valence-electron chi connectivity index (χ0n) is 11.8. The van der Waals surface area contributed by atoms with Crippen LogP contribution in [0.5, 0.6) is 0 Å². The zero-order valence-corrected chi connectivity index (χ0v) is 13.5. The van der Waals surface area contributed by atoms with Crippen molar-refractivity contribution in [2.75, 3.05) is 13.1 Å². The van der Waals surface area contributed by atoms with Crippen molar-refractivity contribution in [2.24, 2.45) is 13.0 Å². The van der Waals surface area contributed by atoms with Gasteiger partial charge in [0.1, 0.15) is 4.88 Å². The van der Waals surface area contributed by atoms with Crippen LogP contribution < -0.4 is 0 Å². The molecule has 1 saturated heterocycles. The average molecular weight is 341 g/mol. The van der Waals surface area contributed by atoms with E-state index in [0.717, 1.165) is 23.3 Å². The van der Waals surface area contributed by atoms with E-state index in [4.69, 9.17) is 5.11 Å². The molecule has 22 heavy (non-hydrogen) atoms. The third-order valence-electron chi connectivity index (χ3n) is 3.63. The summed E-state index contributed by atoms with van der Waals surface area (Å²) in [4.78, 5) is 10.9.